The molecule has 1 amide bonds. The third-order valence-corrected chi connectivity index (χ3v) is 4.28. The first-order valence-electron chi connectivity index (χ1n) is 6.83. The van der Waals surface area contributed by atoms with E-state index in [2.05, 4.69) is 31.4 Å². The van der Waals surface area contributed by atoms with Crippen LogP contribution < -0.4 is 5.32 Å². The van der Waals surface area contributed by atoms with Crippen molar-refractivity contribution in [3.63, 3.8) is 0 Å². The first-order chi connectivity index (χ1) is 10.3. The van der Waals surface area contributed by atoms with Crippen LogP contribution in [0.3, 0.4) is 0 Å². The van der Waals surface area contributed by atoms with Gasteiger partial charge in [0.05, 0.1) is 10.8 Å². The third-order valence-electron chi connectivity index (χ3n) is 2.66. The highest BCUT2D eigenvalue weighted by Crippen LogP contribution is 2.30. The number of halogens is 1. The van der Waals surface area contributed by atoms with E-state index < -0.39 is 0 Å². The summed E-state index contributed by atoms with van der Waals surface area (Å²) < 4.78 is 6.52. The molecule has 1 atom stereocenters. The van der Waals surface area contributed by atoms with Crippen molar-refractivity contribution in [1.29, 1.82) is 0 Å². The molecule has 0 saturated heterocycles. The molecule has 2 aromatic rings. The van der Waals surface area contributed by atoms with Crippen LogP contribution in [0.25, 0.3) is 11.5 Å². The van der Waals surface area contributed by atoms with Crippen LogP contribution >= 0.6 is 27.7 Å². The molecule has 7 heteroatoms. The average molecular weight is 384 g/mol. The number of aromatic nitrogens is 2. The first kappa shape index (κ1) is 17.0. The number of carbonyl (C=O) groups is 1. The van der Waals surface area contributed by atoms with E-state index in [1.807, 2.05) is 52.0 Å². The molecule has 1 aromatic heterocycles. The lowest BCUT2D eigenvalue weighted by Crippen LogP contribution is -2.44. The number of nitrogens with zero attached hydrogens (tertiary/aromatic N) is 2. The topological polar surface area (TPSA) is 68.0 Å². The van der Waals surface area contributed by atoms with E-state index >= 15 is 0 Å². The van der Waals surface area contributed by atoms with Crippen molar-refractivity contribution in [1.82, 2.24) is 15.5 Å². The maximum atomic E-state index is 12.1. The quantitative estimate of drug-likeness (QED) is 0.810. The molecule has 0 saturated carbocycles. The molecule has 2 rings (SSSR count). The van der Waals surface area contributed by atoms with E-state index in [0.717, 1.165) is 10.0 Å². The van der Waals surface area contributed by atoms with Gasteiger partial charge >= 0.3 is 0 Å². The molecule has 1 N–H and O–H groups in total. The maximum absolute atomic E-state index is 12.1. The van der Waals surface area contributed by atoms with E-state index in [0.29, 0.717) is 11.1 Å². The van der Waals surface area contributed by atoms with E-state index in [1.54, 1.807) is 0 Å². The van der Waals surface area contributed by atoms with E-state index in [1.165, 1.54) is 11.8 Å². The van der Waals surface area contributed by atoms with E-state index in [-0.39, 0.29) is 16.7 Å². The van der Waals surface area contributed by atoms with Gasteiger partial charge in [0.2, 0.25) is 11.8 Å². The molecule has 0 unspecified atom stereocenters. The molecule has 0 radical (unpaired) electrons. The smallest absolute Gasteiger partial charge is 0.277 e. The van der Waals surface area contributed by atoms with Gasteiger partial charge in [-0.05, 0) is 55.8 Å². The molecule has 22 heavy (non-hydrogen) atoms. The summed E-state index contributed by atoms with van der Waals surface area (Å²) in [6.07, 6.45) is 0. The Morgan fingerprint density at radius 2 is 2.00 bits per heavy atom. The fourth-order valence-corrected chi connectivity index (χ4v) is 2.81. The van der Waals surface area contributed by atoms with Crippen molar-refractivity contribution in [3.8, 4) is 11.5 Å². The van der Waals surface area contributed by atoms with Crippen LogP contribution in [0.2, 0.25) is 0 Å². The van der Waals surface area contributed by atoms with Gasteiger partial charge in [0.1, 0.15) is 0 Å². The minimum Gasteiger partial charge on any atom is -0.411 e. The standard InChI is InChI=1S/C15H18BrN3O2S/c1-9(12(20)17-15(2,3)4)22-14-19-18-13(21-14)10-7-5-6-8-11(10)16/h5-9H,1-4H3,(H,17,20)/t9-/m0/s1. The highest BCUT2D eigenvalue weighted by atomic mass is 79.9. The highest BCUT2D eigenvalue weighted by molar-refractivity contribution is 9.10. The second-order valence-electron chi connectivity index (χ2n) is 5.85. The van der Waals surface area contributed by atoms with Gasteiger partial charge in [-0.2, -0.15) is 0 Å². The maximum Gasteiger partial charge on any atom is 0.277 e. The van der Waals surface area contributed by atoms with Gasteiger partial charge in [0.15, 0.2) is 0 Å². The van der Waals surface area contributed by atoms with Crippen molar-refractivity contribution in [2.75, 3.05) is 0 Å². The number of thioether (sulfide) groups is 1. The van der Waals surface area contributed by atoms with Crippen LogP contribution in [0.4, 0.5) is 0 Å². The van der Waals surface area contributed by atoms with Crippen LogP contribution in [0, 0.1) is 0 Å². The van der Waals surface area contributed by atoms with Crippen molar-refractivity contribution in [2.45, 2.75) is 43.7 Å². The number of carbonyl (C=O) groups excluding carboxylic acids is 1. The van der Waals surface area contributed by atoms with Gasteiger partial charge in [-0.25, -0.2) is 0 Å². The van der Waals surface area contributed by atoms with Crippen molar-refractivity contribution in [2.24, 2.45) is 0 Å². The second kappa shape index (κ2) is 6.83. The third kappa shape index (κ3) is 4.58. The SMILES string of the molecule is C[C@H](Sc1nnc(-c2ccccc2Br)o1)C(=O)NC(C)(C)C. The van der Waals surface area contributed by atoms with E-state index in [4.69, 9.17) is 4.42 Å². The summed E-state index contributed by atoms with van der Waals surface area (Å²) in [6.45, 7) is 7.65. The fraction of sp³-hybridized carbons (Fsp3) is 0.400. The number of rotatable bonds is 4. The molecule has 5 nitrogen and oxygen atoms in total. The molecule has 0 aliphatic carbocycles. The van der Waals surface area contributed by atoms with Gasteiger partial charge in [-0.1, -0.05) is 23.9 Å². The van der Waals surface area contributed by atoms with Crippen LogP contribution in [0.15, 0.2) is 38.4 Å². The number of benzene rings is 1. The van der Waals surface area contributed by atoms with Gasteiger partial charge in [-0.15, -0.1) is 10.2 Å². The van der Waals surface area contributed by atoms with Crippen molar-refractivity contribution >= 4 is 33.6 Å². The van der Waals surface area contributed by atoms with Gasteiger partial charge in [0.25, 0.3) is 5.22 Å². The van der Waals surface area contributed by atoms with Crippen LogP contribution in [0.5, 0.6) is 0 Å². The Morgan fingerprint density at radius 3 is 2.64 bits per heavy atom. The van der Waals surface area contributed by atoms with Crippen molar-refractivity contribution in [3.05, 3.63) is 28.7 Å². The number of amides is 1. The van der Waals surface area contributed by atoms with Crippen LogP contribution in [0.1, 0.15) is 27.7 Å². The molecule has 1 heterocycles. The normalized spacial score (nSPS) is 13.0. The van der Waals surface area contributed by atoms with Gasteiger partial charge in [0, 0.05) is 10.0 Å². The molecule has 0 aliphatic heterocycles. The summed E-state index contributed by atoms with van der Waals surface area (Å²) in [7, 11) is 0. The summed E-state index contributed by atoms with van der Waals surface area (Å²) in [6, 6.07) is 7.61. The highest BCUT2D eigenvalue weighted by Gasteiger charge is 2.22. The molecule has 0 spiro atoms. The van der Waals surface area contributed by atoms with Crippen LogP contribution in [-0.2, 0) is 4.79 Å². The summed E-state index contributed by atoms with van der Waals surface area (Å²) in [5.74, 6) is 0.372. The second-order valence-corrected chi connectivity index (χ2v) is 8.00. The Morgan fingerprint density at radius 1 is 1.32 bits per heavy atom. The lowest BCUT2D eigenvalue weighted by Gasteiger charge is -2.22. The molecule has 1 aromatic carbocycles. The molecule has 118 valence electrons. The van der Waals surface area contributed by atoms with Crippen LogP contribution in [-0.4, -0.2) is 26.9 Å². The minimum atomic E-state index is -0.313. The summed E-state index contributed by atoms with van der Waals surface area (Å²) in [5, 5.41) is 11.0. The summed E-state index contributed by atoms with van der Waals surface area (Å²) in [5.41, 5.74) is 0.564. The Hall–Kier alpha value is -1.34. The van der Waals surface area contributed by atoms with Crippen molar-refractivity contribution < 1.29 is 9.21 Å². The lowest BCUT2D eigenvalue weighted by atomic mass is 10.1. The predicted molar refractivity (Wildman–Crippen MR) is 90.6 cm³/mol. The van der Waals surface area contributed by atoms with Gasteiger partial charge < -0.3 is 9.73 Å². The Kier molecular flexibility index (Phi) is 5.28. The largest absolute Gasteiger partial charge is 0.411 e. The number of nitrogens with one attached hydrogen (secondary N) is 1. The zero-order chi connectivity index (χ0) is 16.3. The average Bonchev–Trinajstić information content (AvgIpc) is 2.85. The van der Waals surface area contributed by atoms with E-state index in [9.17, 15) is 4.79 Å². The zero-order valence-corrected chi connectivity index (χ0v) is 15.3. The zero-order valence-electron chi connectivity index (χ0n) is 12.9. The van der Waals surface area contributed by atoms with Gasteiger partial charge in [-0.3, -0.25) is 4.79 Å². The Bertz CT molecular complexity index is 667. The summed E-state index contributed by atoms with van der Waals surface area (Å²) in [4.78, 5) is 12.1. The Balaban J connectivity index is 2.06. The summed E-state index contributed by atoms with van der Waals surface area (Å²) >= 11 is 4.70. The fourth-order valence-electron chi connectivity index (χ4n) is 1.68. The molecular weight excluding hydrogens is 366 g/mol. The molecule has 0 fully saturated rings. The molecular formula is C15H18BrN3O2S. The molecule has 0 aliphatic rings. The molecule has 0 bridgehead atoms. The number of hydrogen-bond acceptors (Lipinski definition) is 5. The predicted octanol–water partition coefficient (Wildman–Crippen LogP) is 3.89. The Labute approximate surface area is 142 Å². The monoisotopic (exact) mass is 383 g/mol. The lowest BCUT2D eigenvalue weighted by molar-refractivity contribution is -0.121. The minimum absolute atomic E-state index is 0.0573. The number of hydrogen-bond donors (Lipinski definition) is 1. The first-order valence-corrected chi connectivity index (χ1v) is 8.50.